The number of nitrogens with zero attached hydrogens (tertiary/aromatic N) is 1. The number of fused-ring (bicyclic) bond motifs is 1. The van der Waals surface area contributed by atoms with Crippen molar-refractivity contribution < 1.29 is 0 Å². The van der Waals surface area contributed by atoms with E-state index >= 15 is 0 Å². The van der Waals surface area contributed by atoms with Crippen LogP contribution in [-0.2, 0) is 0 Å². The third-order valence-corrected chi connectivity index (χ3v) is 3.04. The predicted molar refractivity (Wildman–Crippen MR) is 46.9 cm³/mol. The third kappa shape index (κ3) is 1.02. The molecule has 3 heteroatoms. The van der Waals surface area contributed by atoms with Crippen molar-refractivity contribution in [2.24, 2.45) is 4.99 Å². The van der Waals surface area contributed by atoms with Crippen LogP contribution in [0.15, 0.2) is 32.9 Å². The maximum Gasteiger partial charge on any atom is 0.0592 e. The van der Waals surface area contributed by atoms with Gasteiger partial charge in [-0.1, -0.05) is 11.8 Å². The van der Waals surface area contributed by atoms with Gasteiger partial charge in [-0.05, 0) is 16.9 Å². The molecule has 0 atom stereocenters. The van der Waals surface area contributed by atoms with Crippen molar-refractivity contribution in [3.63, 3.8) is 0 Å². The number of aliphatic imine (C=N–C) groups is 1. The Balaban J connectivity index is 2.50. The van der Waals surface area contributed by atoms with Crippen LogP contribution in [0.3, 0.4) is 0 Å². The van der Waals surface area contributed by atoms with E-state index in [0.29, 0.717) is 0 Å². The minimum atomic E-state index is 1.26. The van der Waals surface area contributed by atoms with E-state index in [-0.39, 0.29) is 0 Å². The predicted octanol–water partition coefficient (Wildman–Crippen LogP) is 2.74. The van der Waals surface area contributed by atoms with Gasteiger partial charge in [-0.25, -0.2) is 0 Å². The fraction of sp³-hybridized carbons (Fsp3) is 0. The van der Waals surface area contributed by atoms with Gasteiger partial charge in [-0.3, -0.25) is 4.99 Å². The van der Waals surface area contributed by atoms with Crippen molar-refractivity contribution in [1.29, 1.82) is 0 Å². The van der Waals surface area contributed by atoms with Gasteiger partial charge in [0.1, 0.15) is 0 Å². The molecule has 1 aromatic rings. The Bertz CT molecular complexity index is 286. The highest BCUT2D eigenvalue weighted by molar-refractivity contribution is 8.02. The summed E-state index contributed by atoms with van der Waals surface area (Å²) in [5.41, 5.74) is 0. The molecule has 0 fully saturated rings. The largest absolute Gasteiger partial charge is 0.263 e. The van der Waals surface area contributed by atoms with Gasteiger partial charge in [-0.15, -0.1) is 11.3 Å². The first-order valence-electron chi connectivity index (χ1n) is 2.89. The first kappa shape index (κ1) is 6.19. The SMILES string of the molecule is C1=CSc2ccsc2C=N1. The summed E-state index contributed by atoms with van der Waals surface area (Å²) in [6.45, 7) is 0. The molecule has 0 aliphatic carbocycles. The average molecular weight is 167 g/mol. The lowest BCUT2D eigenvalue weighted by Gasteiger charge is -1.87. The van der Waals surface area contributed by atoms with E-state index < -0.39 is 0 Å². The highest BCUT2D eigenvalue weighted by Gasteiger charge is 2.01. The van der Waals surface area contributed by atoms with Crippen LogP contribution in [0.5, 0.6) is 0 Å². The van der Waals surface area contributed by atoms with Gasteiger partial charge in [0.15, 0.2) is 0 Å². The summed E-state index contributed by atoms with van der Waals surface area (Å²) in [6.07, 6.45) is 3.72. The lowest BCUT2D eigenvalue weighted by molar-refractivity contribution is 1.56. The molecule has 0 unspecified atom stereocenters. The molecule has 0 spiro atoms. The van der Waals surface area contributed by atoms with Gasteiger partial charge in [-0.2, -0.15) is 0 Å². The van der Waals surface area contributed by atoms with Crippen LogP contribution in [-0.4, -0.2) is 6.21 Å². The van der Waals surface area contributed by atoms with E-state index in [1.807, 2.05) is 17.8 Å². The summed E-state index contributed by atoms with van der Waals surface area (Å²) in [5, 5.41) is 4.08. The molecule has 1 aliphatic rings. The minimum absolute atomic E-state index is 1.26. The third-order valence-electron chi connectivity index (χ3n) is 1.19. The smallest absolute Gasteiger partial charge is 0.0592 e. The van der Waals surface area contributed by atoms with Crippen LogP contribution >= 0.6 is 23.1 Å². The highest BCUT2D eigenvalue weighted by Crippen LogP contribution is 2.28. The summed E-state index contributed by atoms with van der Waals surface area (Å²) < 4.78 is 0. The van der Waals surface area contributed by atoms with Crippen molar-refractivity contribution in [2.45, 2.75) is 4.90 Å². The zero-order chi connectivity index (χ0) is 6.81. The van der Waals surface area contributed by atoms with Gasteiger partial charge >= 0.3 is 0 Å². The van der Waals surface area contributed by atoms with Crippen molar-refractivity contribution in [2.75, 3.05) is 0 Å². The summed E-state index contributed by atoms with van der Waals surface area (Å²) in [4.78, 5) is 6.64. The number of rotatable bonds is 0. The molecule has 0 amide bonds. The van der Waals surface area contributed by atoms with E-state index in [9.17, 15) is 0 Å². The number of thiophene rings is 1. The topological polar surface area (TPSA) is 12.4 Å². The minimum Gasteiger partial charge on any atom is -0.263 e. The van der Waals surface area contributed by atoms with Crippen molar-refractivity contribution in [3.05, 3.63) is 27.9 Å². The van der Waals surface area contributed by atoms with Gasteiger partial charge in [0.05, 0.1) is 4.88 Å². The molecule has 1 aromatic heterocycles. The maximum absolute atomic E-state index is 4.07. The molecule has 1 aliphatic heterocycles. The van der Waals surface area contributed by atoms with Crippen LogP contribution in [0.25, 0.3) is 0 Å². The van der Waals surface area contributed by atoms with Gasteiger partial charge in [0.25, 0.3) is 0 Å². The van der Waals surface area contributed by atoms with E-state index in [4.69, 9.17) is 0 Å². The molecular weight excluding hydrogens is 162 g/mol. The van der Waals surface area contributed by atoms with Crippen LogP contribution in [0.2, 0.25) is 0 Å². The molecule has 0 radical (unpaired) electrons. The fourth-order valence-corrected chi connectivity index (χ4v) is 2.38. The Morgan fingerprint density at radius 3 is 3.40 bits per heavy atom. The van der Waals surface area contributed by atoms with Crippen molar-refractivity contribution >= 4 is 29.3 Å². The number of hydrogen-bond acceptors (Lipinski definition) is 3. The van der Waals surface area contributed by atoms with E-state index in [1.54, 1.807) is 23.1 Å². The second kappa shape index (κ2) is 2.60. The molecule has 10 heavy (non-hydrogen) atoms. The summed E-state index contributed by atoms with van der Waals surface area (Å²) in [6, 6.07) is 2.12. The Morgan fingerprint density at radius 1 is 1.40 bits per heavy atom. The van der Waals surface area contributed by atoms with E-state index in [1.165, 1.54) is 9.77 Å². The monoisotopic (exact) mass is 167 g/mol. The number of thioether (sulfide) groups is 1. The molecule has 50 valence electrons. The molecule has 0 aromatic carbocycles. The Hall–Kier alpha value is -0.540. The van der Waals surface area contributed by atoms with E-state index in [0.717, 1.165) is 0 Å². The molecule has 0 saturated heterocycles. The highest BCUT2D eigenvalue weighted by atomic mass is 32.2. The van der Waals surface area contributed by atoms with E-state index in [2.05, 4.69) is 16.4 Å². The number of hydrogen-bond donors (Lipinski definition) is 0. The zero-order valence-electron chi connectivity index (χ0n) is 5.15. The van der Waals surface area contributed by atoms with Crippen molar-refractivity contribution in [3.8, 4) is 0 Å². The van der Waals surface area contributed by atoms with Gasteiger partial charge in [0, 0.05) is 17.3 Å². The quantitative estimate of drug-likeness (QED) is 0.578. The molecule has 2 heterocycles. The molecule has 0 saturated carbocycles. The second-order valence-corrected chi connectivity index (χ2v) is 3.73. The standard InChI is InChI=1S/C7H5NS2/c1-3-9-7-5-8-2-4-10-6(1)7/h1-5H. The lowest BCUT2D eigenvalue weighted by atomic mass is 10.5. The van der Waals surface area contributed by atoms with Crippen LogP contribution in [0.4, 0.5) is 0 Å². The Kier molecular flexibility index (Phi) is 1.61. The molecule has 1 nitrogen and oxygen atoms in total. The normalized spacial score (nSPS) is 14.8. The molecule has 2 rings (SSSR count). The zero-order valence-corrected chi connectivity index (χ0v) is 6.78. The van der Waals surface area contributed by atoms with Crippen molar-refractivity contribution in [1.82, 2.24) is 0 Å². The van der Waals surface area contributed by atoms with Gasteiger partial charge < -0.3 is 0 Å². The second-order valence-electron chi connectivity index (χ2n) is 1.83. The average Bonchev–Trinajstić information content (AvgIpc) is 2.28. The summed E-state index contributed by atoms with van der Waals surface area (Å²) in [7, 11) is 0. The van der Waals surface area contributed by atoms with Crippen LogP contribution < -0.4 is 0 Å². The summed E-state index contributed by atoms with van der Waals surface area (Å²) >= 11 is 3.45. The Labute approximate surface area is 67.5 Å². The molecular formula is C7H5NS2. The molecule has 0 bridgehead atoms. The van der Waals surface area contributed by atoms with Gasteiger partial charge in [0.2, 0.25) is 0 Å². The summed E-state index contributed by atoms with van der Waals surface area (Å²) in [5.74, 6) is 0. The first-order valence-corrected chi connectivity index (χ1v) is 4.65. The maximum atomic E-state index is 4.07. The molecule has 0 N–H and O–H groups in total. The van der Waals surface area contributed by atoms with Crippen LogP contribution in [0, 0.1) is 0 Å². The van der Waals surface area contributed by atoms with Crippen LogP contribution in [0.1, 0.15) is 4.88 Å². The Morgan fingerprint density at radius 2 is 2.40 bits per heavy atom. The fourth-order valence-electron chi connectivity index (χ4n) is 0.750. The first-order chi connectivity index (χ1) is 4.97. The lowest BCUT2D eigenvalue weighted by Crippen LogP contribution is -1.71.